The highest BCUT2D eigenvalue weighted by atomic mass is 16.6. The topological polar surface area (TPSA) is 41.6 Å². The van der Waals surface area contributed by atoms with Crippen molar-refractivity contribution in [1.82, 2.24) is 10.2 Å². The number of ether oxygens (including phenoxy) is 1. The molecule has 0 spiro atoms. The first-order chi connectivity index (χ1) is 7.92. The number of rotatable bonds is 5. The van der Waals surface area contributed by atoms with Gasteiger partial charge in [0.1, 0.15) is 5.60 Å². The summed E-state index contributed by atoms with van der Waals surface area (Å²) in [6.07, 6.45) is 2.16. The second-order valence-corrected chi connectivity index (χ2v) is 5.79. The van der Waals surface area contributed by atoms with Gasteiger partial charge in [0.25, 0.3) is 0 Å². The summed E-state index contributed by atoms with van der Waals surface area (Å²) in [6, 6.07) is 0. The van der Waals surface area contributed by atoms with Crippen LogP contribution in [0.4, 0.5) is 4.79 Å². The van der Waals surface area contributed by atoms with Crippen LogP contribution in [0.25, 0.3) is 0 Å². The molecule has 1 N–H and O–H groups in total. The maximum atomic E-state index is 11.7. The number of carbonyl (C=O) groups excluding carboxylic acids is 1. The monoisotopic (exact) mass is 242 g/mol. The Hall–Kier alpha value is -0.770. The molecule has 0 bridgehead atoms. The van der Waals surface area contributed by atoms with Gasteiger partial charge < -0.3 is 15.0 Å². The summed E-state index contributed by atoms with van der Waals surface area (Å²) >= 11 is 0. The van der Waals surface area contributed by atoms with Gasteiger partial charge in [-0.3, -0.25) is 0 Å². The van der Waals surface area contributed by atoms with Crippen molar-refractivity contribution in [3.8, 4) is 0 Å². The molecule has 1 aliphatic rings. The van der Waals surface area contributed by atoms with Crippen LogP contribution in [0.2, 0.25) is 0 Å². The first kappa shape index (κ1) is 14.3. The molecule has 17 heavy (non-hydrogen) atoms. The Morgan fingerprint density at radius 2 is 2.00 bits per heavy atom. The van der Waals surface area contributed by atoms with E-state index in [-0.39, 0.29) is 11.7 Å². The standard InChI is InChI=1S/C13H26N2O2/c1-5-7-14-8-6-11-9-15(10-11)12(16)17-13(2,3)4/h11,14H,5-10H2,1-4H3. The highest BCUT2D eigenvalue weighted by Crippen LogP contribution is 2.21. The SMILES string of the molecule is CCCNCCC1CN(C(=O)OC(C)(C)C)C1. The van der Waals surface area contributed by atoms with Crippen LogP contribution in [0.5, 0.6) is 0 Å². The molecule has 4 heteroatoms. The van der Waals surface area contributed by atoms with Gasteiger partial charge in [-0.2, -0.15) is 0 Å². The summed E-state index contributed by atoms with van der Waals surface area (Å²) in [5.41, 5.74) is -0.384. The molecule has 1 fully saturated rings. The molecule has 0 saturated carbocycles. The minimum Gasteiger partial charge on any atom is -0.444 e. The molecule has 1 heterocycles. The number of amides is 1. The van der Waals surface area contributed by atoms with E-state index in [1.165, 1.54) is 6.42 Å². The Labute approximate surface area is 105 Å². The van der Waals surface area contributed by atoms with E-state index in [1.807, 2.05) is 20.8 Å². The predicted molar refractivity (Wildman–Crippen MR) is 69.1 cm³/mol. The largest absolute Gasteiger partial charge is 0.444 e. The second kappa shape index (κ2) is 6.24. The minimum atomic E-state index is -0.384. The Balaban J connectivity index is 2.08. The van der Waals surface area contributed by atoms with Gasteiger partial charge in [-0.1, -0.05) is 6.92 Å². The molecule has 4 nitrogen and oxygen atoms in total. The molecule has 0 aliphatic carbocycles. The van der Waals surface area contributed by atoms with Crippen molar-refractivity contribution in [2.45, 2.75) is 46.1 Å². The fraction of sp³-hybridized carbons (Fsp3) is 0.923. The first-order valence-corrected chi connectivity index (χ1v) is 6.61. The molecule has 0 unspecified atom stereocenters. The Morgan fingerprint density at radius 1 is 1.35 bits per heavy atom. The maximum Gasteiger partial charge on any atom is 0.410 e. The average molecular weight is 242 g/mol. The van der Waals surface area contributed by atoms with Crippen LogP contribution < -0.4 is 5.32 Å². The lowest BCUT2D eigenvalue weighted by Crippen LogP contribution is -2.52. The van der Waals surface area contributed by atoms with E-state index >= 15 is 0 Å². The van der Waals surface area contributed by atoms with Crippen molar-refractivity contribution in [3.63, 3.8) is 0 Å². The first-order valence-electron chi connectivity index (χ1n) is 6.61. The average Bonchev–Trinajstić information content (AvgIpc) is 2.11. The number of likely N-dealkylation sites (tertiary alicyclic amines) is 1. The van der Waals surface area contributed by atoms with E-state index < -0.39 is 0 Å². The van der Waals surface area contributed by atoms with Crippen LogP contribution in [0.1, 0.15) is 40.5 Å². The van der Waals surface area contributed by atoms with Gasteiger partial charge in [-0.05, 0) is 52.6 Å². The van der Waals surface area contributed by atoms with E-state index in [2.05, 4.69) is 12.2 Å². The Kier molecular flexibility index (Phi) is 5.25. The smallest absolute Gasteiger partial charge is 0.410 e. The number of carbonyl (C=O) groups is 1. The molecule has 1 saturated heterocycles. The highest BCUT2D eigenvalue weighted by molar-refractivity contribution is 5.69. The zero-order chi connectivity index (χ0) is 12.9. The lowest BCUT2D eigenvalue weighted by molar-refractivity contribution is -0.00201. The van der Waals surface area contributed by atoms with Gasteiger partial charge in [0.05, 0.1) is 0 Å². The number of nitrogens with one attached hydrogen (secondary N) is 1. The van der Waals surface area contributed by atoms with Crippen molar-refractivity contribution in [1.29, 1.82) is 0 Å². The van der Waals surface area contributed by atoms with Crippen molar-refractivity contribution >= 4 is 6.09 Å². The van der Waals surface area contributed by atoms with E-state index in [0.717, 1.165) is 32.6 Å². The van der Waals surface area contributed by atoms with Gasteiger partial charge in [0.15, 0.2) is 0 Å². The number of hydrogen-bond donors (Lipinski definition) is 1. The van der Waals surface area contributed by atoms with Crippen LogP contribution in [0.3, 0.4) is 0 Å². The number of nitrogens with zero attached hydrogens (tertiary/aromatic N) is 1. The molecule has 100 valence electrons. The van der Waals surface area contributed by atoms with Crippen molar-refractivity contribution in [3.05, 3.63) is 0 Å². The summed E-state index contributed by atoms with van der Waals surface area (Å²) < 4.78 is 5.30. The Bertz CT molecular complexity index is 242. The zero-order valence-electron chi connectivity index (χ0n) is 11.6. The molecular formula is C13H26N2O2. The molecule has 1 rings (SSSR count). The molecule has 0 aromatic rings. The van der Waals surface area contributed by atoms with E-state index in [4.69, 9.17) is 4.74 Å². The lowest BCUT2D eigenvalue weighted by atomic mass is 9.97. The van der Waals surface area contributed by atoms with Crippen molar-refractivity contribution < 1.29 is 9.53 Å². The summed E-state index contributed by atoms with van der Waals surface area (Å²) in [7, 11) is 0. The molecule has 0 radical (unpaired) electrons. The summed E-state index contributed by atoms with van der Waals surface area (Å²) in [4.78, 5) is 13.4. The quantitative estimate of drug-likeness (QED) is 0.752. The van der Waals surface area contributed by atoms with E-state index in [1.54, 1.807) is 4.90 Å². The van der Waals surface area contributed by atoms with Crippen LogP contribution in [0, 0.1) is 5.92 Å². The van der Waals surface area contributed by atoms with E-state index in [9.17, 15) is 4.79 Å². The zero-order valence-corrected chi connectivity index (χ0v) is 11.6. The molecule has 1 amide bonds. The third-order valence-corrected chi connectivity index (χ3v) is 2.77. The van der Waals surface area contributed by atoms with Gasteiger partial charge in [0, 0.05) is 13.1 Å². The summed E-state index contributed by atoms with van der Waals surface area (Å²) in [5.74, 6) is 0.645. The van der Waals surface area contributed by atoms with Crippen molar-refractivity contribution in [2.75, 3.05) is 26.2 Å². The predicted octanol–water partition coefficient (Wildman–Crippen LogP) is 2.24. The third kappa shape index (κ3) is 5.39. The molecule has 1 aliphatic heterocycles. The summed E-state index contributed by atoms with van der Waals surface area (Å²) in [5, 5.41) is 3.38. The third-order valence-electron chi connectivity index (χ3n) is 2.77. The van der Waals surface area contributed by atoms with Gasteiger partial charge in [-0.15, -0.1) is 0 Å². The van der Waals surface area contributed by atoms with Crippen molar-refractivity contribution in [2.24, 2.45) is 5.92 Å². The van der Waals surface area contributed by atoms with E-state index in [0.29, 0.717) is 5.92 Å². The van der Waals surface area contributed by atoms with Gasteiger partial charge >= 0.3 is 6.09 Å². The van der Waals surface area contributed by atoms with Crippen LogP contribution in [0.15, 0.2) is 0 Å². The van der Waals surface area contributed by atoms with Crippen LogP contribution in [-0.2, 0) is 4.74 Å². The van der Waals surface area contributed by atoms with Gasteiger partial charge in [0.2, 0.25) is 0 Å². The number of hydrogen-bond acceptors (Lipinski definition) is 3. The minimum absolute atomic E-state index is 0.171. The highest BCUT2D eigenvalue weighted by Gasteiger charge is 2.32. The van der Waals surface area contributed by atoms with Crippen LogP contribution in [-0.4, -0.2) is 42.8 Å². The Morgan fingerprint density at radius 3 is 2.53 bits per heavy atom. The summed E-state index contributed by atoms with van der Waals surface area (Å²) in [6.45, 7) is 11.7. The fourth-order valence-electron chi connectivity index (χ4n) is 1.84. The fourth-order valence-corrected chi connectivity index (χ4v) is 1.84. The normalized spacial score (nSPS) is 16.8. The lowest BCUT2D eigenvalue weighted by Gasteiger charge is -2.39. The molecule has 0 aromatic carbocycles. The molecule has 0 atom stereocenters. The van der Waals surface area contributed by atoms with Crippen LogP contribution >= 0.6 is 0 Å². The maximum absolute atomic E-state index is 11.7. The second-order valence-electron chi connectivity index (χ2n) is 5.79. The molecular weight excluding hydrogens is 216 g/mol. The van der Waals surface area contributed by atoms with Gasteiger partial charge in [-0.25, -0.2) is 4.79 Å². The molecule has 0 aromatic heterocycles.